The van der Waals surface area contributed by atoms with Gasteiger partial charge in [0.2, 0.25) is 0 Å². The van der Waals surface area contributed by atoms with Gasteiger partial charge in [-0.15, -0.1) is 11.3 Å². The first-order valence-electron chi connectivity index (χ1n) is 8.51. The lowest BCUT2D eigenvalue weighted by atomic mass is 10.2. The molecule has 0 aliphatic carbocycles. The number of aromatic amines is 1. The summed E-state index contributed by atoms with van der Waals surface area (Å²) in [4.78, 5) is 35.0. The van der Waals surface area contributed by atoms with Gasteiger partial charge in [0.15, 0.2) is 0 Å². The number of carbonyl (C=O) groups is 1. The molecule has 3 aromatic rings. The van der Waals surface area contributed by atoms with Gasteiger partial charge in [0.25, 0.3) is 5.56 Å². The van der Waals surface area contributed by atoms with Crippen LogP contribution in [0, 0.1) is 6.92 Å². The normalized spacial score (nSPS) is 11.3. The number of ether oxygens (including phenoxy) is 1. The molecule has 1 aromatic carbocycles. The second-order valence-corrected chi connectivity index (χ2v) is 7.71. The van der Waals surface area contributed by atoms with Gasteiger partial charge in [-0.2, -0.15) is 0 Å². The van der Waals surface area contributed by atoms with Crippen molar-refractivity contribution >= 4 is 39.1 Å². The van der Waals surface area contributed by atoms with Crippen molar-refractivity contribution in [2.45, 2.75) is 26.9 Å². The van der Waals surface area contributed by atoms with Crippen molar-refractivity contribution in [1.29, 1.82) is 0 Å². The largest absolute Gasteiger partial charge is 0.462 e. The van der Waals surface area contributed by atoms with E-state index in [1.165, 1.54) is 11.3 Å². The third-order valence-corrected chi connectivity index (χ3v) is 5.47. The van der Waals surface area contributed by atoms with Crippen LogP contribution >= 0.6 is 22.9 Å². The van der Waals surface area contributed by atoms with Crippen LogP contribution in [0.3, 0.4) is 0 Å². The highest BCUT2D eigenvalue weighted by Crippen LogP contribution is 2.27. The van der Waals surface area contributed by atoms with Crippen molar-refractivity contribution in [3.05, 3.63) is 61.5 Å². The maximum absolute atomic E-state index is 12.5. The molecule has 0 amide bonds. The van der Waals surface area contributed by atoms with E-state index < -0.39 is 5.97 Å². The third kappa shape index (κ3) is 4.37. The van der Waals surface area contributed by atoms with Crippen molar-refractivity contribution in [1.82, 2.24) is 14.9 Å². The number of H-pyrrole nitrogens is 1. The van der Waals surface area contributed by atoms with Gasteiger partial charge < -0.3 is 9.72 Å². The van der Waals surface area contributed by atoms with Crippen LogP contribution < -0.4 is 5.56 Å². The molecule has 2 aromatic heterocycles. The highest BCUT2D eigenvalue weighted by Gasteiger charge is 2.20. The average Bonchev–Trinajstić information content (AvgIpc) is 2.92. The molecule has 0 aliphatic rings. The number of fused-ring (bicyclic) bond motifs is 1. The Morgan fingerprint density at radius 2 is 2.15 bits per heavy atom. The molecule has 0 spiro atoms. The van der Waals surface area contributed by atoms with Gasteiger partial charge in [-0.3, -0.25) is 9.69 Å². The van der Waals surface area contributed by atoms with Gasteiger partial charge in [0.05, 0.1) is 18.5 Å². The second kappa shape index (κ2) is 8.21. The van der Waals surface area contributed by atoms with Gasteiger partial charge in [-0.1, -0.05) is 23.7 Å². The number of hydrogen-bond acceptors (Lipinski definition) is 6. The van der Waals surface area contributed by atoms with E-state index in [0.29, 0.717) is 44.6 Å². The summed E-state index contributed by atoms with van der Waals surface area (Å²) in [6.45, 7) is 4.91. The zero-order valence-electron chi connectivity index (χ0n) is 15.3. The van der Waals surface area contributed by atoms with E-state index in [1.54, 1.807) is 13.8 Å². The lowest BCUT2D eigenvalue weighted by molar-refractivity contribution is 0.0531. The molecule has 0 saturated carbocycles. The Morgan fingerprint density at radius 3 is 2.85 bits per heavy atom. The number of aryl methyl sites for hydroxylation is 1. The molecule has 6 nitrogen and oxygen atoms in total. The highest BCUT2D eigenvalue weighted by molar-refractivity contribution is 7.20. The maximum atomic E-state index is 12.5. The predicted octanol–water partition coefficient (Wildman–Crippen LogP) is 3.76. The Bertz CT molecular complexity index is 1040. The van der Waals surface area contributed by atoms with Crippen LogP contribution in [0.1, 0.15) is 33.5 Å². The number of hydrogen-bond donors (Lipinski definition) is 1. The molecule has 1 N–H and O–H groups in total. The van der Waals surface area contributed by atoms with Gasteiger partial charge in [-0.25, -0.2) is 9.78 Å². The molecule has 27 heavy (non-hydrogen) atoms. The Kier molecular flexibility index (Phi) is 5.94. The summed E-state index contributed by atoms with van der Waals surface area (Å²) in [6.07, 6.45) is 0. The van der Waals surface area contributed by atoms with E-state index in [2.05, 4.69) is 9.97 Å². The summed E-state index contributed by atoms with van der Waals surface area (Å²) in [5.41, 5.74) is 1.45. The van der Waals surface area contributed by atoms with E-state index in [9.17, 15) is 9.59 Å². The summed E-state index contributed by atoms with van der Waals surface area (Å²) in [5, 5.41) is 1.14. The Labute approximate surface area is 165 Å². The second-order valence-electron chi connectivity index (χ2n) is 6.27. The molecule has 3 rings (SSSR count). The first-order chi connectivity index (χ1) is 12.9. The highest BCUT2D eigenvalue weighted by atomic mass is 35.5. The molecular weight excluding hydrogens is 386 g/mol. The van der Waals surface area contributed by atoms with Crippen LogP contribution in [0.15, 0.2) is 29.1 Å². The van der Waals surface area contributed by atoms with Crippen molar-refractivity contribution < 1.29 is 9.53 Å². The lowest BCUT2D eigenvalue weighted by Gasteiger charge is -2.16. The monoisotopic (exact) mass is 405 g/mol. The van der Waals surface area contributed by atoms with E-state index in [-0.39, 0.29) is 12.2 Å². The molecular formula is C19H20ClN3O3S. The van der Waals surface area contributed by atoms with Crippen molar-refractivity contribution in [2.24, 2.45) is 0 Å². The zero-order chi connectivity index (χ0) is 19.6. The summed E-state index contributed by atoms with van der Waals surface area (Å²) >= 11 is 7.22. The molecule has 8 heteroatoms. The minimum absolute atomic E-state index is 0.240. The van der Waals surface area contributed by atoms with Gasteiger partial charge in [0.1, 0.15) is 15.5 Å². The SMILES string of the molecule is CCOC(=O)c1sc2nc(CN(C)Cc3cccc(Cl)c3)[nH]c(=O)c2c1C. The number of nitrogens with one attached hydrogen (secondary N) is 1. The molecule has 0 bridgehead atoms. The number of thiophene rings is 1. The van der Waals surface area contributed by atoms with Gasteiger partial charge >= 0.3 is 5.97 Å². The average molecular weight is 406 g/mol. The van der Waals surface area contributed by atoms with Crippen molar-refractivity contribution in [2.75, 3.05) is 13.7 Å². The van der Waals surface area contributed by atoms with Crippen LogP contribution in [0.25, 0.3) is 10.2 Å². The number of esters is 1. The molecule has 0 atom stereocenters. The molecule has 2 heterocycles. The van der Waals surface area contributed by atoms with E-state index in [0.717, 1.165) is 5.56 Å². The molecule has 0 fully saturated rings. The summed E-state index contributed by atoms with van der Waals surface area (Å²) in [7, 11) is 1.94. The first kappa shape index (κ1) is 19.5. The summed E-state index contributed by atoms with van der Waals surface area (Å²) in [5.74, 6) is 0.130. The van der Waals surface area contributed by atoms with E-state index >= 15 is 0 Å². The molecule has 0 radical (unpaired) electrons. The standard InChI is InChI=1S/C19H20ClN3O3S/c1-4-26-19(25)16-11(2)15-17(24)21-14(22-18(15)27-16)10-23(3)9-12-6-5-7-13(20)8-12/h5-8H,4,9-10H2,1-3H3,(H,21,22,24). The van der Waals surface area contributed by atoms with Crippen LogP contribution in [-0.2, 0) is 17.8 Å². The van der Waals surface area contributed by atoms with E-state index in [4.69, 9.17) is 16.3 Å². The molecule has 142 valence electrons. The predicted molar refractivity (Wildman–Crippen MR) is 108 cm³/mol. The maximum Gasteiger partial charge on any atom is 0.348 e. The number of halogens is 1. The summed E-state index contributed by atoms with van der Waals surface area (Å²) in [6, 6.07) is 7.64. The smallest absolute Gasteiger partial charge is 0.348 e. The minimum Gasteiger partial charge on any atom is -0.462 e. The van der Waals surface area contributed by atoms with Crippen molar-refractivity contribution in [3.8, 4) is 0 Å². The fourth-order valence-corrected chi connectivity index (χ4v) is 4.22. The topological polar surface area (TPSA) is 75.3 Å². The number of carbonyl (C=O) groups excluding carboxylic acids is 1. The number of aromatic nitrogens is 2. The third-order valence-electron chi connectivity index (χ3n) is 4.07. The molecule has 0 aliphatic heterocycles. The Balaban J connectivity index is 1.85. The van der Waals surface area contributed by atoms with Crippen LogP contribution in [0.4, 0.5) is 0 Å². The quantitative estimate of drug-likeness (QED) is 0.632. The van der Waals surface area contributed by atoms with Gasteiger partial charge in [0, 0.05) is 11.6 Å². The fraction of sp³-hybridized carbons (Fsp3) is 0.316. The Morgan fingerprint density at radius 1 is 1.37 bits per heavy atom. The molecule has 0 unspecified atom stereocenters. The summed E-state index contributed by atoms with van der Waals surface area (Å²) < 4.78 is 5.06. The minimum atomic E-state index is -0.419. The zero-order valence-corrected chi connectivity index (χ0v) is 16.9. The Hall–Kier alpha value is -2.22. The number of nitrogens with zero attached hydrogens (tertiary/aromatic N) is 2. The van der Waals surface area contributed by atoms with Crippen LogP contribution in [0.2, 0.25) is 5.02 Å². The first-order valence-corrected chi connectivity index (χ1v) is 9.71. The number of rotatable bonds is 6. The lowest BCUT2D eigenvalue weighted by Crippen LogP contribution is -2.21. The fourth-order valence-electron chi connectivity index (χ4n) is 2.91. The van der Waals surface area contributed by atoms with E-state index in [1.807, 2.05) is 36.2 Å². The van der Waals surface area contributed by atoms with Gasteiger partial charge in [-0.05, 0) is 44.2 Å². The number of benzene rings is 1. The van der Waals surface area contributed by atoms with Crippen molar-refractivity contribution in [3.63, 3.8) is 0 Å². The van der Waals surface area contributed by atoms with Crippen LogP contribution in [-0.4, -0.2) is 34.5 Å². The van der Waals surface area contributed by atoms with Crippen LogP contribution in [0.5, 0.6) is 0 Å². The molecule has 0 saturated heterocycles.